The van der Waals surface area contributed by atoms with E-state index >= 15 is 0 Å². The zero-order valence-corrected chi connectivity index (χ0v) is 12.5. The molecular formula is C14H15ClN2O5. The van der Waals surface area contributed by atoms with Gasteiger partial charge in [0.2, 0.25) is 6.54 Å². The van der Waals surface area contributed by atoms with Gasteiger partial charge in [-0.2, -0.15) is 0 Å². The highest BCUT2D eigenvalue weighted by atomic mass is 35.5. The summed E-state index contributed by atoms with van der Waals surface area (Å²) in [4.78, 5) is 32.9. The fourth-order valence-electron chi connectivity index (χ4n) is 2.97. The van der Waals surface area contributed by atoms with Crippen LogP contribution in [0.15, 0.2) is 18.2 Å². The standard InChI is InChI=1S/C14H15ClN2O5/c15-13-6-5-9(17(21)22)7-11(13)12(8-16(19)20)10-3-1-2-4-14(10)18/h5-7,10,12H,1-4,8H2/t10-,12+/m0/s1. The van der Waals surface area contributed by atoms with Crippen LogP contribution in [-0.4, -0.2) is 22.2 Å². The number of halogens is 1. The number of Topliss-reactive ketones (excluding diaryl/α,β-unsaturated/α-hetero) is 1. The number of ketones is 1. The third-order valence-corrected chi connectivity index (χ3v) is 4.37. The molecule has 22 heavy (non-hydrogen) atoms. The van der Waals surface area contributed by atoms with Gasteiger partial charge in [-0.3, -0.25) is 25.0 Å². The number of hydrogen-bond donors (Lipinski definition) is 0. The van der Waals surface area contributed by atoms with Crippen LogP contribution in [0.4, 0.5) is 5.69 Å². The monoisotopic (exact) mass is 326 g/mol. The van der Waals surface area contributed by atoms with E-state index in [1.807, 2.05) is 0 Å². The van der Waals surface area contributed by atoms with Crippen molar-refractivity contribution in [2.24, 2.45) is 5.92 Å². The van der Waals surface area contributed by atoms with E-state index in [0.29, 0.717) is 18.4 Å². The number of non-ortho nitro benzene ring substituents is 1. The van der Waals surface area contributed by atoms with Crippen molar-refractivity contribution in [3.05, 3.63) is 49.0 Å². The summed E-state index contributed by atoms with van der Waals surface area (Å²) in [6.07, 6.45) is 2.54. The average molecular weight is 327 g/mol. The summed E-state index contributed by atoms with van der Waals surface area (Å²) in [5.74, 6) is -1.26. The fraction of sp³-hybridized carbons (Fsp3) is 0.500. The first-order valence-electron chi connectivity index (χ1n) is 6.98. The summed E-state index contributed by atoms with van der Waals surface area (Å²) < 4.78 is 0. The Labute approximate surface area is 131 Å². The van der Waals surface area contributed by atoms with E-state index in [4.69, 9.17) is 11.6 Å². The summed E-state index contributed by atoms with van der Waals surface area (Å²) in [7, 11) is 0. The molecule has 0 spiro atoms. The zero-order valence-electron chi connectivity index (χ0n) is 11.7. The van der Waals surface area contributed by atoms with Crippen LogP contribution in [-0.2, 0) is 4.79 Å². The summed E-state index contributed by atoms with van der Waals surface area (Å²) >= 11 is 6.09. The first kappa shape index (κ1) is 16.4. The summed E-state index contributed by atoms with van der Waals surface area (Å²) in [5.41, 5.74) is 0.129. The van der Waals surface area contributed by atoms with Crippen molar-refractivity contribution in [2.45, 2.75) is 31.6 Å². The van der Waals surface area contributed by atoms with Gasteiger partial charge in [0.05, 0.1) is 10.8 Å². The zero-order chi connectivity index (χ0) is 16.3. The molecule has 0 amide bonds. The van der Waals surface area contributed by atoms with Gasteiger partial charge in [0.1, 0.15) is 5.78 Å². The van der Waals surface area contributed by atoms with Gasteiger partial charge in [-0.15, -0.1) is 0 Å². The summed E-state index contributed by atoms with van der Waals surface area (Å²) in [6.45, 7) is -0.461. The number of carbonyl (C=O) groups excluding carboxylic acids is 1. The first-order valence-corrected chi connectivity index (χ1v) is 7.36. The van der Waals surface area contributed by atoms with E-state index in [-0.39, 0.29) is 16.5 Å². The number of benzene rings is 1. The molecule has 0 saturated heterocycles. The number of rotatable bonds is 5. The molecule has 0 aromatic heterocycles. The molecule has 0 heterocycles. The number of nitro groups is 2. The molecule has 1 fully saturated rings. The van der Waals surface area contributed by atoms with Crippen LogP contribution >= 0.6 is 11.6 Å². The summed E-state index contributed by atoms with van der Waals surface area (Å²) in [5, 5.41) is 22.1. The topological polar surface area (TPSA) is 103 Å². The average Bonchev–Trinajstić information content (AvgIpc) is 2.46. The van der Waals surface area contributed by atoms with Crippen LogP contribution in [0.2, 0.25) is 5.02 Å². The molecule has 118 valence electrons. The number of nitro benzene ring substituents is 1. The molecule has 1 aliphatic carbocycles. The second-order valence-corrected chi connectivity index (χ2v) is 5.81. The highest BCUT2D eigenvalue weighted by molar-refractivity contribution is 6.31. The Hall–Kier alpha value is -2.02. The Morgan fingerprint density at radius 2 is 2.00 bits per heavy atom. The Morgan fingerprint density at radius 3 is 2.59 bits per heavy atom. The van der Waals surface area contributed by atoms with Crippen molar-refractivity contribution in [3.63, 3.8) is 0 Å². The van der Waals surface area contributed by atoms with Gasteiger partial charge in [0, 0.05) is 34.4 Å². The first-order chi connectivity index (χ1) is 10.4. The quantitative estimate of drug-likeness (QED) is 0.609. The van der Waals surface area contributed by atoms with Crippen LogP contribution < -0.4 is 0 Å². The van der Waals surface area contributed by atoms with Crippen molar-refractivity contribution < 1.29 is 14.6 Å². The molecule has 0 unspecified atom stereocenters. The molecule has 8 heteroatoms. The predicted octanol–water partition coefficient (Wildman–Crippen LogP) is 3.37. The second kappa shape index (κ2) is 6.83. The van der Waals surface area contributed by atoms with Crippen molar-refractivity contribution in [2.75, 3.05) is 6.54 Å². The van der Waals surface area contributed by atoms with Crippen molar-refractivity contribution in [1.82, 2.24) is 0 Å². The predicted molar refractivity (Wildman–Crippen MR) is 79.7 cm³/mol. The maximum atomic E-state index is 12.1. The molecule has 1 aromatic rings. The molecule has 0 radical (unpaired) electrons. The minimum absolute atomic E-state index is 0.0272. The van der Waals surface area contributed by atoms with Crippen molar-refractivity contribution >= 4 is 23.1 Å². The number of hydrogen-bond acceptors (Lipinski definition) is 5. The lowest BCUT2D eigenvalue weighted by Gasteiger charge is -2.27. The van der Waals surface area contributed by atoms with Gasteiger partial charge in [-0.25, -0.2) is 0 Å². The van der Waals surface area contributed by atoms with Crippen LogP contribution in [0.1, 0.15) is 37.2 Å². The number of nitrogens with zero attached hydrogens (tertiary/aromatic N) is 2. The molecule has 0 N–H and O–H groups in total. The summed E-state index contributed by atoms with van der Waals surface area (Å²) in [6, 6.07) is 3.85. The largest absolute Gasteiger partial charge is 0.299 e. The maximum Gasteiger partial charge on any atom is 0.269 e. The molecule has 2 atom stereocenters. The minimum atomic E-state index is -0.727. The lowest BCUT2D eigenvalue weighted by atomic mass is 9.76. The third kappa shape index (κ3) is 3.59. The van der Waals surface area contributed by atoms with Crippen LogP contribution in [0.3, 0.4) is 0 Å². The van der Waals surface area contributed by atoms with Gasteiger partial charge in [0.15, 0.2) is 0 Å². The van der Waals surface area contributed by atoms with E-state index in [2.05, 4.69) is 0 Å². The highest BCUT2D eigenvalue weighted by Gasteiger charge is 2.36. The van der Waals surface area contributed by atoms with Gasteiger partial charge in [0.25, 0.3) is 5.69 Å². The molecule has 1 saturated carbocycles. The van der Waals surface area contributed by atoms with E-state index < -0.39 is 28.2 Å². The van der Waals surface area contributed by atoms with E-state index in [9.17, 15) is 25.0 Å². The second-order valence-electron chi connectivity index (χ2n) is 5.40. The molecule has 1 aliphatic rings. The SMILES string of the molecule is O=C1CCCC[C@H]1[C@@H](C[N+](=O)[O-])c1cc([N+](=O)[O-])ccc1Cl. The van der Waals surface area contributed by atoms with Gasteiger partial charge in [-0.05, 0) is 24.5 Å². The lowest BCUT2D eigenvalue weighted by Crippen LogP contribution is -2.30. The van der Waals surface area contributed by atoms with Gasteiger partial charge >= 0.3 is 0 Å². The molecule has 0 aliphatic heterocycles. The van der Waals surface area contributed by atoms with Crippen LogP contribution in [0.25, 0.3) is 0 Å². The lowest BCUT2D eigenvalue weighted by molar-refractivity contribution is -0.484. The molecule has 1 aromatic carbocycles. The third-order valence-electron chi connectivity index (χ3n) is 4.02. The fourth-order valence-corrected chi connectivity index (χ4v) is 3.22. The number of carbonyl (C=O) groups is 1. The normalized spacial score (nSPS) is 19.7. The smallest absolute Gasteiger partial charge is 0.269 e. The molecule has 7 nitrogen and oxygen atoms in total. The van der Waals surface area contributed by atoms with E-state index in [1.54, 1.807) is 0 Å². The molecular weight excluding hydrogens is 312 g/mol. The minimum Gasteiger partial charge on any atom is -0.299 e. The Balaban J connectivity index is 2.44. The highest BCUT2D eigenvalue weighted by Crippen LogP contribution is 2.38. The maximum absolute atomic E-state index is 12.1. The van der Waals surface area contributed by atoms with Crippen molar-refractivity contribution in [3.8, 4) is 0 Å². The van der Waals surface area contributed by atoms with Crippen LogP contribution in [0, 0.1) is 26.1 Å². The molecule has 2 rings (SSSR count). The van der Waals surface area contributed by atoms with Gasteiger partial charge < -0.3 is 0 Å². The Bertz CT molecular complexity index is 619. The van der Waals surface area contributed by atoms with E-state index in [0.717, 1.165) is 12.8 Å². The van der Waals surface area contributed by atoms with Crippen LogP contribution in [0.5, 0.6) is 0 Å². The van der Waals surface area contributed by atoms with Crippen molar-refractivity contribution in [1.29, 1.82) is 0 Å². The van der Waals surface area contributed by atoms with E-state index in [1.165, 1.54) is 18.2 Å². The Morgan fingerprint density at radius 1 is 1.27 bits per heavy atom. The molecule has 0 bridgehead atoms. The van der Waals surface area contributed by atoms with Gasteiger partial charge in [-0.1, -0.05) is 18.0 Å². The Kier molecular flexibility index (Phi) is 5.07.